The highest BCUT2D eigenvalue weighted by molar-refractivity contribution is 7.13. The van der Waals surface area contributed by atoms with Crippen LogP contribution in [0.25, 0.3) is 10.7 Å². The Hall–Kier alpha value is -2.51. The number of halogens is 1. The molecule has 0 aliphatic heterocycles. The number of thiazole rings is 1. The first-order valence-corrected chi connectivity index (χ1v) is 8.27. The van der Waals surface area contributed by atoms with E-state index in [-0.39, 0.29) is 12.4 Å². The molecule has 0 spiro atoms. The third-order valence-electron chi connectivity index (χ3n) is 3.08. The Morgan fingerprint density at radius 2 is 2.04 bits per heavy atom. The number of hydrogen-bond acceptors (Lipinski definition) is 7. The predicted molar refractivity (Wildman–Crippen MR) is 93.6 cm³/mol. The van der Waals surface area contributed by atoms with Gasteiger partial charge in [0, 0.05) is 22.3 Å². The number of benzene rings is 1. The van der Waals surface area contributed by atoms with Crippen molar-refractivity contribution in [3.63, 3.8) is 0 Å². The number of carbonyl (C=O) groups is 1. The molecule has 0 bridgehead atoms. The van der Waals surface area contributed by atoms with Gasteiger partial charge >= 0.3 is 5.97 Å². The highest BCUT2D eigenvalue weighted by Crippen LogP contribution is 2.24. The molecule has 1 aromatic carbocycles. The number of esters is 1. The van der Waals surface area contributed by atoms with E-state index in [9.17, 15) is 4.79 Å². The first-order chi connectivity index (χ1) is 11.6. The minimum atomic E-state index is -0.320. The number of ether oxygens (including phenoxy) is 1. The highest BCUT2D eigenvalue weighted by atomic mass is 35.5. The van der Waals surface area contributed by atoms with Crippen molar-refractivity contribution < 1.29 is 9.53 Å². The molecule has 0 unspecified atom stereocenters. The van der Waals surface area contributed by atoms with Crippen LogP contribution in [-0.2, 0) is 16.0 Å². The van der Waals surface area contributed by atoms with Crippen molar-refractivity contribution >= 4 is 40.5 Å². The molecule has 1 N–H and O–H groups in total. The van der Waals surface area contributed by atoms with Gasteiger partial charge in [-0.15, -0.1) is 11.3 Å². The monoisotopic (exact) mass is 360 g/mol. The third kappa shape index (κ3) is 4.06. The fourth-order valence-electron chi connectivity index (χ4n) is 1.93. The molecule has 0 aliphatic carbocycles. The Labute approximate surface area is 147 Å². The molecule has 0 amide bonds. The Kier molecular flexibility index (Phi) is 5.02. The Morgan fingerprint density at radius 1 is 1.25 bits per heavy atom. The zero-order valence-electron chi connectivity index (χ0n) is 12.7. The van der Waals surface area contributed by atoms with E-state index in [1.54, 1.807) is 24.4 Å². The average Bonchev–Trinajstić information content (AvgIpc) is 3.05. The third-order valence-corrected chi connectivity index (χ3v) is 4.25. The summed E-state index contributed by atoms with van der Waals surface area (Å²) >= 11 is 7.29. The standard InChI is InChI=1S/C16H13ClN4O2S/c1-23-14(22)8-12-9-24-15(19-12)13-6-7-18-16(21-13)20-11-4-2-10(17)3-5-11/h2-7,9H,8H2,1H3,(H,18,20,21). The number of carbonyl (C=O) groups excluding carboxylic acids is 1. The molecule has 2 aromatic heterocycles. The van der Waals surface area contributed by atoms with E-state index in [4.69, 9.17) is 11.6 Å². The molecule has 8 heteroatoms. The topological polar surface area (TPSA) is 77.0 Å². The zero-order chi connectivity index (χ0) is 16.9. The van der Waals surface area contributed by atoms with E-state index >= 15 is 0 Å². The first-order valence-electron chi connectivity index (χ1n) is 7.01. The fourth-order valence-corrected chi connectivity index (χ4v) is 2.84. The maximum Gasteiger partial charge on any atom is 0.311 e. The Morgan fingerprint density at radius 3 is 2.79 bits per heavy atom. The highest BCUT2D eigenvalue weighted by Gasteiger charge is 2.11. The number of nitrogens with zero attached hydrogens (tertiary/aromatic N) is 3. The lowest BCUT2D eigenvalue weighted by Gasteiger charge is -2.05. The van der Waals surface area contributed by atoms with Crippen molar-refractivity contribution in [3.05, 3.63) is 52.6 Å². The second-order valence-electron chi connectivity index (χ2n) is 4.79. The summed E-state index contributed by atoms with van der Waals surface area (Å²) in [6.45, 7) is 0. The van der Waals surface area contributed by atoms with E-state index in [0.29, 0.717) is 22.4 Å². The van der Waals surface area contributed by atoms with Crippen LogP contribution in [0, 0.1) is 0 Å². The molecular formula is C16H13ClN4O2S. The number of aromatic nitrogens is 3. The minimum Gasteiger partial charge on any atom is -0.469 e. The van der Waals surface area contributed by atoms with Crippen LogP contribution in [0.3, 0.4) is 0 Å². The minimum absolute atomic E-state index is 0.147. The molecule has 122 valence electrons. The molecule has 0 fully saturated rings. The summed E-state index contributed by atoms with van der Waals surface area (Å²) in [4.78, 5) is 24.4. The maximum atomic E-state index is 11.3. The van der Waals surface area contributed by atoms with Gasteiger partial charge in [-0.2, -0.15) is 0 Å². The second kappa shape index (κ2) is 7.37. The van der Waals surface area contributed by atoms with Gasteiger partial charge in [-0.25, -0.2) is 15.0 Å². The predicted octanol–water partition coefficient (Wildman–Crippen LogP) is 3.71. The van der Waals surface area contributed by atoms with Crippen LogP contribution >= 0.6 is 22.9 Å². The Bertz CT molecular complexity index is 851. The normalized spacial score (nSPS) is 10.4. The van der Waals surface area contributed by atoms with E-state index in [1.165, 1.54) is 18.4 Å². The molecule has 2 heterocycles. The smallest absolute Gasteiger partial charge is 0.311 e. The van der Waals surface area contributed by atoms with Crippen molar-refractivity contribution in [2.75, 3.05) is 12.4 Å². The average molecular weight is 361 g/mol. The van der Waals surface area contributed by atoms with Gasteiger partial charge < -0.3 is 10.1 Å². The van der Waals surface area contributed by atoms with Gasteiger partial charge in [0.25, 0.3) is 0 Å². The summed E-state index contributed by atoms with van der Waals surface area (Å²) in [6.07, 6.45) is 1.80. The van der Waals surface area contributed by atoms with Crippen molar-refractivity contribution in [3.8, 4) is 10.7 Å². The van der Waals surface area contributed by atoms with Gasteiger partial charge in [0.2, 0.25) is 5.95 Å². The SMILES string of the molecule is COC(=O)Cc1csc(-c2ccnc(Nc3ccc(Cl)cc3)n2)n1. The second-order valence-corrected chi connectivity index (χ2v) is 6.09. The van der Waals surface area contributed by atoms with Crippen molar-refractivity contribution in [2.24, 2.45) is 0 Å². The van der Waals surface area contributed by atoms with Crippen LogP contribution in [-0.4, -0.2) is 28.0 Å². The lowest BCUT2D eigenvalue weighted by Crippen LogP contribution is -2.04. The summed E-state index contributed by atoms with van der Waals surface area (Å²) in [7, 11) is 1.36. The number of rotatable bonds is 5. The van der Waals surface area contributed by atoms with Crippen molar-refractivity contribution in [2.45, 2.75) is 6.42 Å². The lowest BCUT2D eigenvalue weighted by molar-refractivity contribution is -0.139. The lowest BCUT2D eigenvalue weighted by atomic mass is 10.3. The number of nitrogens with one attached hydrogen (secondary N) is 1. The van der Waals surface area contributed by atoms with Gasteiger partial charge in [-0.05, 0) is 30.3 Å². The number of hydrogen-bond donors (Lipinski definition) is 1. The largest absolute Gasteiger partial charge is 0.469 e. The molecule has 0 radical (unpaired) electrons. The summed E-state index contributed by atoms with van der Waals surface area (Å²) in [5.74, 6) is 0.138. The van der Waals surface area contributed by atoms with Crippen LogP contribution in [0.5, 0.6) is 0 Å². The van der Waals surface area contributed by atoms with E-state index in [2.05, 4.69) is 25.0 Å². The summed E-state index contributed by atoms with van der Waals surface area (Å²) in [5.41, 5.74) is 2.18. The molecule has 0 aliphatic rings. The zero-order valence-corrected chi connectivity index (χ0v) is 14.3. The summed E-state index contributed by atoms with van der Waals surface area (Å²) < 4.78 is 4.64. The molecule has 3 aromatic rings. The Balaban J connectivity index is 1.77. The number of methoxy groups -OCH3 is 1. The van der Waals surface area contributed by atoms with Gasteiger partial charge in [0.1, 0.15) is 10.7 Å². The van der Waals surface area contributed by atoms with Crippen molar-refractivity contribution in [1.29, 1.82) is 0 Å². The van der Waals surface area contributed by atoms with Gasteiger partial charge in [-0.3, -0.25) is 4.79 Å². The molecule has 0 saturated heterocycles. The molecule has 3 rings (SSSR count). The maximum absolute atomic E-state index is 11.3. The van der Waals surface area contributed by atoms with Crippen LogP contribution in [0.4, 0.5) is 11.6 Å². The van der Waals surface area contributed by atoms with Gasteiger partial charge in [0.05, 0.1) is 19.2 Å². The van der Waals surface area contributed by atoms with E-state index < -0.39 is 0 Å². The molecule has 6 nitrogen and oxygen atoms in total. The molecule has 24 heavy (non-hydrogen) atoms. The van der Waals surface area contributed by atoms with Crippen molar-refractivity contribution in [1.82, 2.24) is 15.0 Å². The van der Waals surface area contributed by atoms with Gasteiger partial charge in [-0.1, -0.05) is 11.6 Å². The fraction of sp³-hybridized carbons (Fsp3) is 0.125. The van der Waals surface area contributed by atoms with Crippen LogP contribution in [0.1, 0.15) is 5.69 Å². The van der Waals surface area contributed by atoms with Crippen LogP contribution < -0.4 is 5.32 Å². The van der Waals surface area contributed by atoms with Gasteiger partial charge in [0.15, 0.2) is 0 Å². The quantitative estimate of drug-likeness (QED) is 0.699. The van der Waals surface area contributed by atoms with Crippen LogP contribution in [0.2, 0.25) is 5.02 Å². The van der Waals surface area contributed by atoms with E-state index in [1.807, 2.05) is 17.5 Å². The number of anilines is 2. The first kappa shape index (κ1) is 16.4. The molecule has 0 atom stereocenters. The van der Waals surface area contributed by atoms with E-state index in [0.717, 1.165) is 10.7 Å². The molecular weight excluding hydrogens is 348 g/mol. The van der Waals surface area contributed by atoms with Crippen LogP contribution in [0.15, 0.2) is 41.9 Å². The molecule has 0 saturated carbocycles. The summed E-state index contributed by atoms with van der Waals surface area (Å²) in [5, 5.41) is 6.31. The summed E-state index contributed by atoms with van der Waals surface area (Å²) in [6, 6.07) is 9.03.